The van der Waals surface area contributed by atoms with E-state index in [4.69, 9.17) is 11.6 Å². The first-order chi connectivity index (χ1) is 9.97. The van der Waals surface area contributed by atoms with Crippen LogP contribution < -0.4 is 0 Å². The maximum atomic E-state index is 11.7. The van der Waals surface area contributed by atoms with E-state index in [1.807, 2.05) is 44.2 Å². The molecular formula is C14H18ClF3O3S. The van der Waals surface area contributed by atoms with Crippen molar-refractivity contribution in [2.24, 2.45) is 0 Å². The van der Waals surface area contributed by atoms with E-state index in [-0.39, 0.29) is 5.57 Å². The number of alkyl halides is 3. The van der Waals surface area contributed by atoms with Crippen LogP contribution in [0.25, 0.3) is 0 Å². The van der Waals surface area contributed by atoms with Gasteiger partial charge >= 0.3 is 15.6 Å². The number of rotatable bonds is 3. The zero-order chi connectivity index (χ0) is 18.0. The lowest BCUT2D eigenvalue weighted by molar-refractivity contribution is -0.0520. The van der Waals surface area contributed by atoms with Crippen LogP contribution in [0.5, 0.6) is 0 Å². The monoisotopic (exact) mass is 358 g/mol. The molecule has 1 aromatic rings. The second-order valence-corrected chi connectivity index (χ2v) is 5.46. The van der Waals surface area contributed by atoms with E-state index in [1.54, 1.807) is 0 Å². The van der Waals surface area contributed by atoms with E-state index in [2.05, 4.69) is 17.3 Å². The SMILES string of the molecule is C=C(C)C(=C)OS(=O)(=O)C(F)(F)F.CC.Clc1ccccc1. The van der Waals surface area contributed by atoms with Gasteiger partial charge in [0, 0.05) is 5.02 Å². The standard InChI is InChI=1S/C6H5Cl.C6H7F3O3S.C2H6/c7-6-4-2-1-3-5-6;1-4(2)5(3)12-13(10,11)6(7,8)9;1-2/h1-5H;1,3H2,2H3;1-2H3. The smallest absolute Gasteiger partial charge is 0.376 e. The molecule has 3 nitrogen and oxygen atoms in total. The van der Waals surface area contributed by atoms with Crippen molar-refractivity contribution in [1.29, 1.82) is 0 Å². The Kier molecular flexibility index (Phi) is 10.7. The lowest BCUT2D eigenvalue weighted by atomic mass is 10.3. The topological polar surface area (TPSA) is 43.4 Å². The van der Waals surface area contributed by atoms with Gasteiger partial charge in [-0.1, -0.05) is 56.8 Å². The van der Waals surface area contributed by atoms with Crippen LogP contribution in [-0.2, 0) is 14.3 Å². The molecule has 0 saturated carbocycles. The summed E-state index contributed by atoms with van der Waals surface area (Å²) in [5.41, 5.74) is -5.43. The highest BCUT2D eigenvalue weighted by Crippen LogP contribution is 2.27. The van der Waals surface area contributed by atoms with Crippen molar-refractivity contribution in [3.63, 3.8) is 0 Å². The molecule has 0 atom stereocenters. The van der Waals surface area contributed by atoms with Gasteiger partial charge < -0.3 is 4.18 Å². The predicted molar refractivity (Wildman–Crippen MR) is 82.8 cm³/mol. The van der Waals surface area contributed by atoms with Crippen molar-refractivity contribution in [3.05, 3.63) is 59.8 Å². The summed E-state index contributed by atoms with van der Waals surface area (Å²) in [6.45, 7) is 11.4. The van der Waals surface area contributed by atoms with Crippen LogP contribution in [0.2, 0.25) is 5.02 Å². The highest BCUT2D eigenvalue weighted by atomic mass is 35.5. The number of halogens is 4. The van der Waals surface area contributed by atoms with Crippen LogP contribution in [0.15, 0.2) is 54.8 Å². The third-order valence-electron chi connectivity index (χ3n) is 1.70. The average molecular weight is 359 g/mol. The van der Waals surface area contributed by atoms with Crippen molar-refractivity contribution in [3.8, 4) is 0 Å². The minimum Gasteiger partial charge on any atom is -0.376 e. The van der Waals surface area contributed by atoms with Gasteiger partial charge in [0.05, 0.1) is 0 Å². The molecule has 0 N–H and O–H groups in total. The van der Waals surface area contributed by atoms with E-state index in [1.165, 1.54) is 6.92 Å². The first-order valence-electron chi connectivity index (χ1n) is 6.03. The van der Waals surface area contributed by atoms with Crippen molar-refractivity contribution < 1.29 is 25.8 Å². The fraction of sp³-hybridized carbons (Fsp3) is 0.286. The molecule has 0 bridgehead atoms. The molecule has 0 aliphatic rings. The van der Waals surface area contributed by atoms with Crippen LogP contribution in [0.4, 0.5) is 13.2 Å². The van der Waals surface area contributed by atoms with Gasteiger partial charge in [0.25, 0.3) is 0 Å². The molecule has 1 aromatic carbocycles. The van der Waals surface area contributed by atoms with Crippen LogP contribution in [0.3, 0.4) is 0 Å². The van der Waals surface area contributed by atoms with E-state index in [9.17, 15) is 21.6 Å². The van der Waals surface area contributed by atoms with Gasteiger partial charge in [0.15, 0.2) is 0 Å². The molecule has 0 aliphatic heterocycles. The molecule has 0 spiro atoms. The van der Waals surface area contributed by atoms with Gasteiger partial charge in [-0.2, -0.15) is 21.6 Å². The van der Waals surface area contributed by atoms with Crippen LogP contribution >= 0.6 is 11.6 Å². The first kappa shape index (κ1) is 22.8. The lowest BCUT2D eigenvalue weighted by Crippen LogP contribution is -2.25. The third kappa shape index (κ3) is 9.46. The lowest BCUT2D eigenvalue weighted by Gasteiger charge is -2.10. The molecule has 0 radical (unpaired) electrons. The Morgan fingerprint density at radius 1 is 1.14 bits per heavy atom. The molecule has 0 saturated heterocycles. The van der Waals surface area contributed by atoms with Gasteiger partial charge in [-0.05, 0) is 24.6 Å². The van der Waals surface area contributed by atoms with E-state index in [0.29, 0.717) is 0 Å². The quantitative estimate of drug-likeness (QED) is 0.318. The van der Waals surface area contributed by atoms with Crippen molar-refractivity contribution in [2.75, 3.05) is 0 Å². The van der Waals surface area contributed by atoms with Crippen molar-refractivity contribution >= 4 is 21.7 Å². The summed E-state index contributed by atoms with van der Waals surface area (Å²) >= 11 is 5.54. The summed E-state index contributed by atoms with van der Waals surface area (Å²) in [6.07, 6.45) is 0. The van der Waals surface area contributed by atoms with E-state index in [0.717, 1.165) is 5.02 Å². The third-order valence-corrected chi connectivity index (χ3v) is 2.94. The Morgan fingerprint density at radius 2 is 1.55 bits per heavy atom. The number of allylic oxidation sites excluding steroid dienone is 1. The van der Waals surface area contributed by atoms with Gasteiger partial charge in [0.2, 0.25) is 0 Å². The minimum atomic E-state index is -5.60. The molecule has 0 aliphatic carbocycles. The second-order valence-electron chi connectivity index (χ2n) is 3.48. The Bertz CT molecular complexity index is 567. The number of hydrogen-bond donors (Lipinski definition) is 0. The molecule has 8 heteroatoms. The van der Waals surface area contributed by atoms with Crippen LogP contribution in [0, 0.1) is 0 Å². The van der Waals surface area contributed by atoms with E-state index >= 15 is 0 Å². The first-order valence-corrected chi connectivity index (χ1v) is 7.82. The zero-order valence-corrected chi connectivity index (χ0v) is 14.0. The summed E-state index contributed by atoms with van der Waals surface area (Å²) in [5, 5.41) is 0.794. The van der Waals surface area contributed by atoms with Crippen LogP contribution in [-0.4, -0.2) is 13.9 Å². The van der Waals surface area contributed by atoms with Gasteiger partial charge in [0.1, 0.15) is 5.76 Å². The highest BCUT2D eigenvalue weighted by Gasteiger charge is 2.48. The van der Waals surface area contributed by atoms with Crippen LogP contribution in [0.1, 0.15) is 20.8 Å². The van der Waals surface area contributed by atoms with E-state index < -0.39 is 21.4 Å². The molecule has 0 fully saturated rings. The molecule has 0 amide bonds. The molecule has 0 unspecified atom stereocenters. The molecular weight excluding hydrogens is 341 g/mol. The Balaban J connectivity index is 0. The normalized spacial score (nSPS) is 10.3. The zero-order valence-electron chi connectivity index (χ0n) is 12.4. The molecule has 0 heterocycles. The minimum absolute atomic E-state index is 0.00725. The highest BCUT2D eigenvalue weighted by molar-refractivity contribution is 7.87. The molecule has 1 rings (SSSR count). The Labute approximate surface area is 134 Å². The summed E-state index contributed by atoms with van der Waals surface area (Å²) in [5.74, 6) is -0.627. The predicted octanol–water partition coefficient (Wildman–Crippen LogP) is 5.31. The summed E-state index contributed by atoms with van der Waals surface area (Å²) in [7, 11) is -5.60. The number of benzene rings is 1. The second kappa shape index (κ2) is 10.3. The largest absolute Gasteiger partial charge is 0.534 e. The summed E-state index contributed by atoms with van der Waals surface area (Å²) < 4.78 is 59.3. The molecule has 126 valence electrons. The molecule has 0 aromatic heterocycles. The van der Waals surface area contributed by atoms with Gasteiger partial charge in [-0.3, -0.25) is 0 Å². The fourth-order valence-corrected chi connectivity index (χ4v) is 1.31. The van der Waals surface area contributed by atoms with Gasteiger partial charge in [-0.15, -0.1) is 0 Å². The summed E-state index contributed by atoms with van der Waals surface area (Å²) in [4.78, 5) is 0. The summed E-state index contributed by atoms with van der Waals surface area (Å²) in [6, 6.07) is 9.44. The van der Waals surface area contributed by atoms with Crippen molar-refractivity contribution in [1.82, 2.24) is 0 Å². The maximum Gasteiger partial charge on any atom is 0.534 e. The average Bonchev–Trinajstić information content (AvgIpc) is 2.40. The maximum absolute atomic E-state index is 11.7. The number of hydrogen-bond acceptors (Lipinski definition) is 3. The Morgan fingerprint density at radius 3 is 1.77 bits per heavy atom. The fourth-order valence-electron chi connectivity index (χ4n) is 0.665. The molecule has 22 heavy (non-hydrogen) atoms. The van der Waals surface area contributed by atoms with Crippen molar-refractivity contribution in [2.45, 2.75) is 26.3 Å². The van der Waals surface area contributed by atoms with Gasteiger partial charge in [-0.25, -0.2) is 0 Å². The Hall–Kier alpha value is -1.47.